The van der Waals surface area contributed by atoms with Gasteiger partial charge in [-0.15, -0.1) is 0 Å². The first-order valence-corrected chi connectivity index (χ1v) is 11.9. The Morgan fingerprint density at radius 3 is 2.61 bits per heavy atom. The van der Waals surface area contributed by atoms with Crippen molar-refractivity contribution < 1.29 is 27.6 Å². The molecule has 1 amide bonds. The van der Waals surface area contributed by atoms with E-state index in [-0.39, 0.29) is 17.7 Å². The van der Waals surface area contributed by atoms with Crippen molar-refractivity contribution in [1.29, 1.82) is 0 Å². The van der Waals surface area contributed by atoms with Gasteiger partial charge in [-0.3, -0.25) is 4.79 Å². The second kappa shape index (κ2) is 9.13. The molecule has 2 aliphatic rings. The van der Waals surface area contributed by atoms with Crippen LogP contribution in [0.1, 0.15) is 36.5 Å². The van der Waals surface area contributed by atoms with E-state index in [4.69, 9.17) is 9.47 Å². The van der Waals surface area contributed by atoms with Crippen LogP contribution in [0.4, 0.5) is 0 Å². The Kier molecular flexibility index (Phi) is 6.82. The minimum atomic E-state index is -2.87. The van der Waals surface area contributed by atoms with Gasteiger partial charge in [0.05, 0.1) is 45.6 Å². The Morgan fingerprint density at radius 1 is 1.25 bits per heavy atom. The number of sulfone groups is 1. The van der Waals surface area contributed by atoms with E-state index in [9.17, 15) is 13.2 Å². The van der Waals surface area contributed by atoms with Gasteiger partial charge in [0.15, 0.2) is 21.3 Å². The van der Waals surface area contributed by atoms with E-state index >= 15 is 0 Å². The van der Waals surface area contributed by atoms with Crippen molar-refractivity contribution in [2.24, 2.45) is 0 Å². The first-order chi connectivity index (χ1) is 13.4. The van der Waals surface area contributed by atoms with Crippen molar-refractivity contribution in [2.45, 2.75) is 32.2 Å². The number of unbranched alkanes of at least 4 members (excludes halogenated alkanes) is 1. The summed E-state index contributed by atoms with van der Waals surface area (Å²) in [6.07, 6.45) is 2.76. The molecule has 3 rings (SSSR count). The zero-order valence-electron chi connectivity index (χ0n) is 16.8. The average molecular weight is 412 g/mol. The number of carbonyl (C=O) groups is 1. The number of amides is 1. The van der Waals surface area contributed by atoms with Gasteiger partial charge >= 0.3 is 0 Å². The molecule has 2 fully saturated rings. The molecule has 0 radical (unpaired) electrons. The molecule has 1 aromatic carbocycles. The third-order valence-electron chi connectivity index (χ3n) is 5.67. The second-order valence-electron chi connectivity index (χ2n) is 7.62. The first kappa shape index (κ1) is 20.9. The van der Waals surface area contributed by atoms with Crippen LogP contribution in [0.15, 0.2) is 18.2 Å². The van der Waals surface area contributed by atoms with E-state index in [0.29, 0.717) is 42.5 Å². The molecule has 0 bridgehead atoms. The maximum absolute atomic E-state index is 12.9. The van der Waals surface area contributed by atoms with Gasteiger partial charge in [-0.05, 0) is 24.6 Å². The largest absolute Gasteiger partial charge is 0.493 e. The highest BCUT2D eigenvalue weighted by Gasteiger charge is 2.37. The van der Waals surface area contributed by atoms with E-state index in [1.54, 1.807) is 25.3 Å². The summed E-state index contributed by atoms with van der Waals surface area (Å²) in [6.45, 7) is 5.60. The van der Waals surface area contributed by atoms with Gasteiger partial charge in [-0.25, -0.2) is 8.42 Å². The molecule has 156 valence electrons. The summed E-state index contributed by atoms with van der Waals surface area (Å²) < 4.78 is 34.6. The first-order valence-electron chi connectivity index (χ1n) is 10.1. The topological polar surface area (TPSA) is 77.4 Å². The van der Waals surface area contributed by atoms with Crippen LogP contribution < -0.4 is 14.4 Å². The summed E-state index contributed by atoms with van der Waals surface area (Å²) in [6, 6.07) is 5.51. The fourth-order valence-electron chi connectivity index (χ4n) is 3.95. The molecule has 28 heavy (non-hydrogen) atoms. The maximum atomic E-state index is 12.9. The number of hydrogen-bond donors (Lipinski definition) is 1. The van der Waals surface area contributed by atoms with Crippen LogP contribution in [-0.4, -0.2) is 76.7 Å². The van der Waals surface area contributed by atoms with Crippen molar-refractivity contribution in [3.63, 3.8) is 0 Å². The lowest BCUT2D eigenvalue weighted by Gasteiger charge is -2.35. The van der Waals surface area contributed by atoms with Crippen molar-refractivity contribution in [3.8, 4) is 11.5 Å². The number of benzene rings is 1. The molecule has 2 aliphatic heterocycles. The average Bonchev–Trinajstić information content (AvgIpc) is 3.07. The Bertz CT molecular complexity index is 788. The van der Waals surface area contributed by atoms with Crippen molar-refractivity contribution in [2.75, 3.05) is 51.4 Å². The predicted molar refractivity (Wildman–Crippen MR) is 107 cm³/mol. The van der Waals surface area contributed by atoms with Crippen LogP contribution in [0, 0.1) is 0 Å². The van der Waals surface area contributed by atoms with Crippen LogP contribution in [0.25, 0.3) is 0 Å². The predicted octanol–water partition coefficient (Wildman–Crippen LogP) is 0.402. The minimum Gasteiger partial charge on any atom is -0.493 e. The van der Waals surface area contributed by atoms with E-state index in [1.807, 2.05) is 4.90 Å². The van der Waals surface area contributed by atoms with Gasteiger partial charge in [-0.1, -0.05) is 13.3 Å². The van der Waals surface area contributed by atoms with Gasteiger partial charge in [0.25, 0.3) is 5.91 Å². The second-order valence-corrected chi connectivity index (χ2v) is 9.85. The molecule has 0 unspecified atom stereocenters. The lowest BCUT2D eigenvalue weighted by Crippen LogP contribution is -3.18. The van der Waals surface area contributed by atoms with Gasteiger partial charge in [0.1, 0.15) is 11.8 Å². The zero-order chi connectivity index (χ0) is 20.1. The highest BCUT2D eigenvalue weighted by atomic mass is 32.2. The van der Waals surface area contributed by atoms with E-state index in [2.05, 4.69) is 6.92 Å². The van der Waals surface area contributed by atoms with E-state index in [0.717, 1.165) is 32.4 Å². The summed E-state index contributed by atoms with van der Waals surface area (Å²) in [5.74, 6) is 1.80. The fourth-order valence-corrected chi connectivity index (χ4v) is 5.78. The summed E-state index contributed by atoms with van der Waals surface area (Å²) >= 11 is 0. The lowest BCUT2D eigenvalue weighted by atomic mass is 10.1. The fraction of sp³-hybridized carbons (Fsp3) is 0.650. The van der Waals surface area contributed by atoms with Gasteiger partial charge in [-0.2, -0.15) is 0 Å². The van der Waals surface area contributed by atoms with Crippen LogP contribution in [0.5, 0.6) is 11.5 Å². The summed E-state index contributed by atoms with van der Waals surface area (Å²) in [7, 11) is -1.29. The number of ether oxygens (including phenoxy) is 2. The van der Waals surface area contributed by atoms with Crippen molar-refractivity contribution in [1.82, 2.24) is 4.90 Å². The third-order valence-corrected chi connectivity index (χ3v) is 7.44. The Morgan fingerprint density at radius 2 is 2.00 bits per heavy atom. The molecule has 7 nitrogen and oxygen atoms in total. The molecule has 1 N–H and O–H groups in total. The molecule has 2 heterocycles. The van der Waals surface area contributed by atoms with Crippen LogP contribution >= 0.6 is 0 Å². The lowest BCUT2D eigenvalue weighted by molar-refractivity contribution is -0.925. The number of nitrogens with zero attached hydrogens (tertiary/aromatic N) is 1. The molecular formula is C20H31N2O5S+. The Hall–Kier alpha value is -1.80. The molecule has 0 aliphatic carbocycles. The molecule has 2 saturated heterocycles. The molecule has 0 aromatic heterocycles. The Balaban J connectivity index is 1.58. The zero-order valence-corrected chi connectivity index (χ0v) is 17.6. The smallest absolute Gasteiger partial charge is 0.254 e. The molecular weight excluding hydrogens is 380 g/mol. The van der Waals surface area contributed by atoms with Crippen LogP contribution in [0.3, 0.4) is 0 Å². The highest BCUT2D eigenvalue weighted by molar-refractivity contribution is 7.91. The summed E-state index contributed by atoms with van der Waals surface area (Å²) in [4.78, 5) is 16.0. The third kappa shape index (κ3) is 4.97. The number of carbonyl (C=O) groups excluding carboxylic acids is 1. The number of methoxy groups -OCH3 is 1. The van der Waals surface area contributed by atoms with Gasteiger partial charge < -0.3 is 19.3 Å². The molecule has 1 aromatic rings. The van der Waals surface area contributed by atoms with Gasteiger partial charge in [0.2, 0.25) is 0 Å². The van der Waals surface area contributed by atoms with E-state index in [1.165, 1.54) is 4.90 Å². The standard InChI is InChI=1S/C20H30N2O5S/c1-3-4-12-27-18-6-5-16(14-19(18)26-2)20(23)22-10-8-21(9-11-22)17-7-13-28(24,25)15-17/h5-6,14,17H,3-4,7-13,15H2,1-2H3/p+1/t17-/m0/s1. The number of hydrogen-bond acceptors (Lipinski definition) is 5. The van der Waals surface area contributed by atoms with E-state index < -0.39 is 9.84 Å². The minimum absolute atomic E-state index is 0.0171. The summed E-state index contributed by atoms with van der Waals surface area (Å²) in [5, 5.41) is 0. The molecule has 1 atom stereocenters. The monoisotopic (exact) mass is 411 g/mol. The van der Waals surface area contributed by atoms with Crippen LogP contribution in [-0.2, 0) is 9.84 Å². The highest BCUT2D eigenvalue weighted by Crippen LogP contribution is 2.28. The SMILES string of the molecule is CCCCOc1ccc(C(=O)N2CC[NH+]([C@H]3CCS(=O)(=O)C3)CC2)cc1OC. The molecule has 8 heteroatoms. The van der Waals surface area contributed by atoms with Crippen molar-refractivity contribution in [3.05, 3.63) is 23.8 Å². The number of rotatable bonds is 7. The summed E-state index contributed by atoms with van der Waals surface area (Å²) in [5.41, 5.74) is 0.589. The molecule has 0 spiro atoms. The quantitative estimate of drug-likeness (QED) is 0.658. The van der Waals surface area contributed by atoms with Crippen LogP contribution in [0.2, 0.25) is 0 Å². The maximum Gasteiger partial charge on any atom is 0.254 e. The molecule has 0 saturated carbocycles. The number of nitrogens with one attached hydrogen (secondary N) is 1. The Labute approximate surface area is 167 Å². The number of quaternary nitrogens is 1. The van der Waals surface area contributed by atoms with Gasteiger partial charge in [0, 0.05) is 12.0 Å². The number of piperazine rings is 1. The van der Waals surface area contributed by atoms with Crippen molar-refractivity contribution >= 4 is 15.7 Å². The normalized spacial score (nSPS) is 22.2.